The molecular formula is C13H13N3OS. The number of thiazole rings is 1. The molecule has 0 unspecified atom stereocenters. The summed E-state index contributed by atoms with van der Waals surface area (Å²) in [6, 6.07) is 5.95. The lowest BCUT2D eigenvalue weighted by molar-refractivity contribution is 0.602. The van der Waals surface area contributed by atoms with Crippen LogP contribution in [0.2, 0.25) is 0 Å². The van der Waals surface area contributed by atoms with Crippen LogP contribution in [-0.2, 0) is 6.42 Å². The number of hydrogen-bond donors (Lipinski definition) is 1. The maximum Gasteiger partial charge on any atom is 0.181 e. The van der Waals surface area contributed by atoms with Crippen LogP contribution in [-0.4, -0.2) is 16.5 Å². The highest BCUT2D eigenvalue weighted by Gasteiger charge is 2.06. The molecule has 0 amide bonds. The quantitative estimate of drug-likeness (QED) is 0.782. The van der Waals surface area contributed by atoms with Crippen molar-refractivity contribution in [2.24, 2.45) is 5.73 Å². The van der Waals surface area contributed by atoms with E-state index in [0.29, 0.717) is 6.54 Å². The summed E-state index contributed by atoms with van der Waals surface area (Å²) >= 11 is 1.68. The van der Waals surface area contributed by atoms with E-state index in [1.807, 2.05) is 18.2 Å². The van der Waals surface area contributed by atoms with Crippen molar-refractivity contribution in [2.75, 3.05) is 6.54 Å². The van der Waals surface area contributed by atoms with Crippen molar-refractivity contribution in [1.29, 1.82) is 0 Å². The molecule has 0 saturated carbocycles. The lowest BCUT2D eigenvalue weighted by atomic mass is 10.1. The number of nitrogens with two attached hydrogens (primary N) is 1. The molecule has 3 aromatic rings. The Balaban J connectivity index is 1.90. The summed E-state index contributed by atoms with van der Waals surface area (Å²) in [5.74, 6) is 0. The van der Waals surface area contributed by atoms with E-state index < -0.39 is 0 Å². The highest BCUT2D eigenvalue weighted by Crippen LogP contribution is 2.25. The van der Waals surface area contributed by atoms with Crippen molar-refractivity contribution >= 4 is 22.4 Å². The molecule has 2 N–H and O–H groups in total. The molecule has 5 heteroatoms. The smallest absolute Gasteiger partial charge is 0.181 e. The fraction of sp³-hybridized carbons (Fsp3) is 0.231. The number of nitrogens with zero attached hydrogens (tertiary/aromatic N) is 2. The van der Waals surface area contributed by atoms with Crippen molar-refractivity contribution in [3.63, 3.8) is 0 Å². The topological polar surface area (TPSA) is 64.9 Å². The Kier molecular flexibility index (Phi) is 3.08. The van der Waals surface area contributed by atoms with Crippen molar-refractivity contribution < 1.29 is 4.42 Å². The molecule has 0 aliphatic carbocycles. The number of benzene rings is 1. The lowest BCUT2D eigenvalue weighted by Crippen LogP contribution is -1.99. The van der Waals surface area contributed by atoms with Crippen LogP contribution >= 0.6 is 11.3 Å². The highest BCUT2D eigenvalue weighted by molar-refractivity contribution is 7.09. The Morgan fingerprint density at radius 2 is 2.28 bits per heavy atom. The number of rotatable bonds is 4. The fourth-order valence-electron chi connectivity index (χ4n) is 1.83. The molecule has 0 spiro atoms. The van der Waals surface area contributed by atoms with Crippen molar-refractivity contribution in [1.82, 2.24) is 9.97 Å². The predicted octanol–water partition coefficient (Wildman–Crippen LogP) is 2.84. The van der Waals surface area contributed by atoms with E-state index in [2.05, 4.69) is 15.3 Å². The van der Waals surface area contributed by atoms with Gasteiger partial charge in [-0.2, -0.15) is 0 Å². The van der Waals surface area contributed by atoms with Gasteiger partial charge in [0.2, 0.25) is 0 Å². The average Bonchev–Trinajstić information content (AvgIpc) is 3.04. The van der Waals surface area contributed by atoms with E-state index in [-0.39, 0.29) is 0 Å². The Bertz CT molecular complexity index is 659. The second-order valence-electron chi connectivity index (χ2n) is 4.05. The molecule has 3 rings (SSSR count). The second-order valence-corrected chi connectivity index (χ2v) is 5.00. The molecule has 1 aromatic carbocycles. The molecule has 18 heavy (non-hydrogen) atoms. The van der Waals surface area contributed by atoms with E-state index in [1.54, 1.807) is 11.3 Å². The molecule has 0 aliphatic heterocycles. The third-order valence-electron chi connectivity index (χ3n) is 2.77. The van der Waals surface area contributed by atoms with E-state index >= 15 is 0 Å². The normalized spacial score (nSPS) is 11.2. The molecular weight excluding hydrogens is 246 g/mol. The zero-order valence-electron chi connectivity index (χ0n) is 9.80. The van der Waals surface area contributed by atoms with Crippen LogP contribution in [0.4, 0.5) is 0 Å². The largest absolute Gasteiger partial charge is 0.443 e. The van der Waals surface area contributed by atoms with Crippen LogP contribution < -0.4 is 5.73 Å². The Morgan fingerprint density at radius 1 is 1.33 bits per heavy atom. The zero-order valence-corrected chi connectivity index (χ0v) is 10.6. The van der Waals surface area contributed by atoms with Gasteiger partial charge in [-0.05, 0) is 25.1 Å². The summed E-state index contributed by atoms with van der Waals surface area (Å²) in [5.41, 5.74) is 9.23. The molecule has 0 aliphatic rings. The Labute approximate surface area is 108 Å². The minimum atomic E-state index is 0.707. The minimum Gasteiger partial charge on any atom is -0.443 e. The first kappa shape index (κ1) is 11.4. The second kappa shape index (κ2) is 4.88. The first-order chi connectivity index (χ1) is 8.86. The maximum absolute atomic E-state index is 5.50. The SMILES string of the molecule is NCCCc1nc(-c2ccc3ncoc3c2)cs1. The third kappa shape index (κ3) is 2.14. The van der Waals surface area contributed by atoms with E-state index in [9.17, 15) is 0 Å². The number of aromatic nitrogens is 2. The molecule has 0 atom stereocenters. The van der Waals surface area contributed by atoms with Gasteiger partial charge in [-0.25, -0.2) is 9.97 Å². The maximum atomic E-state index is 5.50. The molecule has 92 valence electrons. The van der Waals surface area contributed by atoms with Crippen LogP contribution in [0.3, 0.4) is 0 Å². The number of fused-ring (bicyclic) bond motifs is 1. The minimum absolute atomic E-state index is 0.707. The zero-order chi connectivity index (χ0) is 12.4. The van der Waals surface area contributed by atoms with Gasteiger partial charge < -0.3 is 10.2 Å². The summed E-state index contributed by atoms with van der Waals surface area (Å²) < 4.78 is 5.30. The highest BCUT2D eigenvalue weighted by atomic mass is 32.1. The Hall–Kier alpha value is -1.72. The molecule has 0 bridgehead atoms. The van der Waals surface area contributed by atoms with E-state index in [4.69, 9.17) is 10.2 Å². The summed E-state index contributed by atoms with van der Waals surface area (Å²) in [5, 5.41) is 3.21. The summed E-state index contributed by atoms with van der Waals surface area (Å²) in [6.45, 7) is 0.707. The van der Waals surface area contributed by atoms with Gasteiger partial charge in [0.15, 0.2) is 12.0 Å². The van der Waals surface area contributed by atoms with Crippen molar-refractivity contribution in [3.05, 3.63) is 35.0 Å². The van der Waals surface area contributed by atoms with Gasteiger partial charge in [0.05, 0.1) is 10.7 Å². The summed E-state index contributed by atoms with van der Waals surface area (Å²) in [4.78, 5) is 8.71. The molecule has 0 fully saturated rings. The molecule has 4 nitrogen and oxygen atoms in total. The summed E-state index contributed by atoms with van der Waals surface area (Å²) in [6.07, 6.45) is 3.39. The van der Waals surface area contributed by atoms with Crippen LogP contribution in [0.15, 0.2) is 34.4 Å². The van der Waals surface area contributed by atoms with E-state index in [0.717, 1.165) is 40.2 Å². The van der Waals surface area contributed by atoms with Gasteiger partial charge in [0, 0.05) is 17.4 Å². The number of aryl methyl sites for hydroxylation is 1. The van der Waals surface area contributed by atoms with Gasteiger partial charge >= 0.3 is 0 Å². The van der Waals surface area contributed by atoms with Crippen LogP contribution in [0.1, 0.15) is 11.4 Å². The molecule has 2 aromatic heterocycles. The van der Waals surface area contributed by atoms with Gasteiger partial charge in [0.25, 0.3) is 0 Å². The van der Waals surface area contributed by atoms with Gasteiger partial charge in [-0.3, -0.25) is 0 Å². The average molecular weight is 259 g/mol. The van der Waals surface area contributed by atoms with Gasteiger partial charge in [-0.15, -0.1) is 11.3 Å². The standard InChI is InChI=1S/C13H13N3OS/c14-5-1-2-13-16-11(7-18-13)9-3-4-10-12(6-9)17-8-15-10/h3-4,6-8H,1-2,5,14H2. The van der Waals surface area contributed by atoms with Crippen molar-refractivity contribution in [2.45, 2.75) is 12.8 Å². The molecule has 0 saturated heterocycles. The van der Waals surface area contributed by atoms with Gasteiger partial charge in [-0.1, -0.05) is 6.07 Å². The van der Waals surface area contributed by atoms with Gasteiger partial charge in [0.1, 0.15) is 5.52 Å². The third-order valence-corrected chi connectivity index (χ3v) is 3.68. The first-order valence-electron chi connectivity index (χ1n) is 5.85. The summed E-state index contributed by atoms with van der Waals surface area (Å²) in [7, 11) is 0. The van der Waals surface area contributed by atoms with Crippen LogP contribution in [0.5, 0.6) is 0 Å². The Morgan fingerprint density at radius 3 is 3.17 bits per heavy atom. The fourth-order valence-corrected chi connectivity index (χ4v) is 2.68. The van der Waals surface area contributed by atoms with Crippen LogP contribution in [0, 0.1) is 0 Å². The van der Waals surface area contributed by atoms with Crippen molar-refractivity contribution in [3.8, 4) is 11.3 Å². The number of hydrogen-bond acceptors (Lipinski definition) is 5. The predicted molar refractivity (Wildman–Crippen MR) is 72.5 cm³/mol. The molecule has 0 radical (unpaired) electrons. The van der Waals surface area contributed by atoms with E-state index in [1.165, 1.54) is 6.39 Å². The monoisotopic (exact) mass is 259 g/mol. The first-order valence-corrected chi connectivity index (χ1v) is 6.73. The lowest BCUT2D eigenvalue weighted by Gasteiger charge is -1.96. The van der Waals surface area contributed by atoms with Crippen LogP contribution in [0.25, 0.3) is 22.4 Å². The number of oxazole rings is 1. The molecule has 2 heterocycles.